The third kappa shape index (κ3) is 5.39. The molecule has 3 aliphatic heterocycles. The lowest BCUT2D eigenvalue weighted by molar-refractivity contribution is 0.187. The van der Waals surface area contributed by atoms with Crippen molar-refractivity contribution in [2.24, 2.45) is 0 Å². The summed E-state index contributed by atoms with van der Waals surface area (Å²) in [5.74, 6) is 0.996. The van der Waals surface area contributed by atoms with Gasteiger partial charge in [0.1, 0.15) is 12.4 Å². The first-order chi connectivity index (χ1) is 19.1. The average Bonchev–Trinajstić information content (AvgIpc) is 3.24. The summed E-state index contributed by atoms with van der Waals surface area (Å²) in [6.45, 7) is 8.24. The minimum atomic E-state index is 0.145. The van der Waals surface area contributed by atoms with Crippen LogP contribution in [0.2, 0.25) is 0 Å². The van der Waals surface area contributed by atoms with Crippen molar-refractivity contribution in [3.8, 4) is 12.1 Å². The Hall–Kier alpha value is -3.41. The summed E-state index contributed by atoms with van der Waals surface area (Å²) >= 11 is 0. The maximum Gasteiger partial charge on any atom is 0.318 e. The standard InChI is InChI=1S/C31H39N7O/c1-22-6-3-7-23-8-4-10-28(29(22)23)37-17-12-26-27(13-18-37)34-31(39-21-25-9-5-16-36(25)2)35-30(26)38-19-15-33-24(20-38)11-14-32/h3-4,6-8,10,24-25,33H,5,9,11-13,15-21H2,1-2H3/t24-,25+/m1/s1. The van der Waals surface area contributed by atoms with Crippen molar-refractivity contribution in [2.75, 3.05) is 62.7 Å². The fourth-order valence-electron chi connectivity index (χ4n) is 6.52. The number of nitrogens with zero attached hydrogens (tertiary/aromatic N) is 6. The Morgan fingerprint density at radius 3 is 2.72 bits per heavy atom. The molecule has 2 saturated heterocycles. The van der Waals surface area contributed by atoms with Crippen LogP contribution in [0.25, 0.3) is 10.8 Å². The molecule has 0 bridgehead atoms. The molecule has 0 amide bonds. The van der Waals surface area contributed by atoms with Crippen LogP contribution in [0.15, 0.2) is 36.4 Å². The molecule has 0 saturated carbocycles. The van der Waals surface area contributed by atoms with Gasteiger partial charge in [-0.2, -0.15) is 15.2 Å². The van der Waals surface area contributed by atoms with Crippen LogP contribution in [0, 0.1) is 18.3 Å². The van der Waals surface area contributed by atoms with Crippen LogP contribution in [0.3, 0.4) is 0 Å². The smallest absolute Gasteiger partial charge is 0.318 e. The number of hydrogen-bond donors (Lipinski definition) is 1. The number of piperazine rings is 1. The van der Waals surface area contributed by atoms with Gasteiger partial charge in [-0.1, -0.05) is 30.3 Å². The van der Waals surface area contributed by atoms with Crippen LogP contribution in [0.5, 0.6) is 6.01 Å². The van der Waals surface area contributed by atoms with Gasteiger partial charge >= 0.3 is 6.01 Å². The fraction of sp³-hybridized carbons (Fsp3) is 0.516. The number of aromatic nitrogens is 2. The van der Waals surface area contributed by atoms with E-state index in [-0.39, 0.29) is 6.04 Å². The van der Waals surface area contributed by atoms with Gasteiger partial charge in [-0.3, -0.25) is 0 Å². The number of rotatable bonds is 6. The van der Waals surface area contributed by atoms with Crippen LogP contribution >= 0.6 is 0 Å². The number of likely N-dealkylation sites (tertiary alicyclic amines) is 1. The number of fused-ring (bicyclic) bond motifs is 2. The molecular formula is C31H39N7O. The Morgan fingerprint density at radius 1 is 1.05 bits per heavy atom. The molecule has 3 aliphatic rings. The molecule has 6 rings (SSSR count). The summed E-state index contributed by atoms with van der Waals surface area (Å²) in [5, 5.41) is 15.4. The van der Waals surface area contributed by atoms with Crippen molar-refractivity contribution in [1.29, 1.82) is 5.26 Å². The zero-order valence-electron chi connectivity index (χ0n) is 23.2. The lowest BCUT2D eigenvalue weighted by Gasteiger charge is -2.35. The van der Waals surface area contributed by atoms with Gasteiger partial charge < -0.3 is 24.8 Å². The molecule has 0 unspecified atom stereocenters. The van der Waals surface area contributed by atoms with E-state index >= 15 is 0 Å². The first kappa shape index (κ1) is 25.8. The Labute approximate surface area is 231 Å². The van der Waals surface area contributed by atoms with Crippen molar-refractivity contribution in [2.45, 2.75) is 51.1 Å². The van der Waals surface area contributed by atoms with E-state index in [1.165, 1.54) is 34.0 Å². The van der Waals surface area contributed by atoms with Crippen LogP contribution < -0.4 is 19.9 Å². The highest BCUT2D eigenvalue weighted by Gasteiger charge is 2.28. The molecule has 2 fully saturated rings. The maximum atomic E-state index is 9.31. The van der Waals surface area contributed by atoms with Crippen molar-refractivity contribution in [1.82, 2.24) is 20.2 Å². The third-order valence-electron chi connectivity index (χ3n) is 8.70. The molecule has 8 heteroatoms. The number of anilines is 2. The van der Waals surface area contributed by atoms with E-state index in [4.69, 9.17) is 14.7 Å². The minimum absolute atomic E-state index is 0.145. The normalized spacial score (nSPS) is 22.0. The highest BCUT2D eigenvalue weighted by molar-refractivity contribution is 5.96. The summed E-state index contributed by atoms with van der Waals surface area (Å²) in [5.41, 5.74) is 4.94. The summed E-state index contributed by atoms with van der Waals surface area (Å²) in [6, 6.07) is 16.6. The van der Waals surface area contributed by atoms with Gasteiger partial charge in [-0.05, 0) is 56.8 Å². The Bertz CT molecular complexity index is 1360. The van der Waals surface area contributed by atoms with Gasteiger partial charge in [0.25, 0.3) is 0 Å². The molecule has 2 atom stereocenters. The minimum Gasteiger partial charge on any atom is -0.462 e. The predicted molar refractivity (Wildman–Crippen MR) is 156 cm³/mol. The van der Waals surface area contributed by atoms with Gasteiger partial charge in [-0.25, -0.2) is 0 Å². The number of ether oxygens (including phenoxy) is 1. The molecule has 1 aromatic heterocycles. The van der Waals surface area contributed by atoms with Crippen molar-refractivity contribution >= 4 is 22.3 Å². The van der Waals surface area contributed by atoms with Crippen LogP contribution in [0.4, 0.5) is 11.5 Å². The van der Waals surface area contributed by atoms with Gasteiger partial charge in [0, 0.05) is 67.9 Å². The monoisotopic (exact) mass is 525 g/mol. The predicted octanol–water partition coefficient (Wildman–Crippen LogP) is 3.71. The first-order valence-corrected chi connectivity index (χ1v) is 14.4. The Balaban J connectivity index is 1.31. The van der Waals surface area contributed by atoms with Crippen LogP contribution in [0.1, 0.15) is 36.1 Å². The summed E-state index contributed by atoms with van der Waals surface area (Å²) in [6.07, 6.45) is 4.59. The molecule has 2 aromatic carbocycles. The number of benzene rings is 2. The topological polar surface area (TPSA) is 80.6 Å². The zero-order valence-corrected chi connectivity index (χ0v) is 23.2. The SMILES string of the molecule is Cc1cccc2cccc(N3CCc4nc(OC[C@@H]5CCCN5C)nc(N5CCN[C@H](CC#N)C5)c4CC3)c12. The van der Waals surface area contributed by atoms with Crippen molar-refractivity contribution in [3.63, 3.8) is 0 Å². The van der Waals surface area contributed by atoms with Crippen LogP contribution in [-0.2, 0) is 12.8 Å². The average molecular weight is 526 g/mol. The first-order valence-electron chi connectivity index (χ1n) is 14.4. The molecular weight excluding hydrogens is 486 g/mol. The van der Waals surface area contributed by atoms with E-state index in [2.05, 4.69) is 76.5 Å². The lowest BCUT2D eigenvalue weighted by atomic mass is 10.0. The molecule has 0 spiro atoms. The van der Waals surface area contributed by atoms with Crippen LogP contribution in [-0.4, -0.2) is 79.9 Å². The quantitative estimate of drug-likeness (QED) is 0.522. The Morgan fingerprint density at radius 2 is 1.90 bits per heavy atom. The van der Waals surface area contributed by atoms with Gasteiger partial charge in [0.2, 0.25) is 0 Å². The third-order valence-corrected chi connectivity index (χ3v) is 8.70. The summed E-state index contributed by atoms with van der Waals surface area (Å²) in [7, 11) is 2.17. The Kier molecular flexibility index (Phi) is 7.53. The van der Waals surface area contributed by atoms with E-state index < -0.39 is 0 Å². The van der Waals surface area contributed by atoms with E-state index in [1.807, 2.05) is 0 Å². The number of likely N-dealkylation sites (N-methyl/N-ethyl adjacent to an activating group) is 1. The summed E-state index contributed by atoms with van der Waals surface area (Å²) in [4.78, 5) is 17.3. The molecule has 204 valence electrons. The number of hydrogen-bond acceptors (Lipinski definition) is 8. The highest BCUT2D eigenvalue weighted by Crippen LogP contribution is 2.33. The molecule has 39 heavy (non-hydrogen) atoms. The second kappa shape index (κ2) is 11.4. The second-order valence-corrected chi connectivity index (χ2v) is 11.2. The number of nitriles is 1. The van der Waals surface area contributed by atoms with Crippen molar-refractivity contribution in [3.05, 3.63) is 53.2 Å². The maximum absolute atomic E-state index is 9.31. The van der Waals surface area contributed by atoms with E-state index in [9.17, 15) is 5.26 Å². The fourth-order valence-corrected chi connectivity index (χ4v) is 6.52. The van der Waals surface area contributed by atoms with Gasteiger partial charge in [0.05, 0.1) is 18.2 Å². The van der Waals surface area contributed by atoms with E-state index in [0.29, 0.717) is 25.1 Å². The molecule has 1 N–H and O–H groups in total. The molecule has 3 aromatic rings. The van der Waals surface area contributed by atoms with E-state index in [1.54, 1.807) is 0 Å². The molecule has 8 nitrogen and oxygen atoms in total. The zero-order chi connectivity index (χ0) is 26.8. The largest absolute Gasteiger partial charge is 0.462 e. The highest BCUT2D eigenvalue weighted by atomic mass is 16.5. The van der Waals surface area contributed by atoms with Gasteiger partial charge in [0.15, 0.2) is 0 Å². The molecule has 4 heterocycles. The lowest BCUT2D eigenvalue weighted by Crippen LogP contribution is -2.51. The number of nitrogens with one attached hydrogen (secondary N) is 1. The summed E-state index contributed by atoms with van der Waals surface area (Å²) < 4.78 is 6.29. The molecule has 0 radical (unpaired) electrons. The number of aryl methyl sites for hydroxylation is 1. The van der Waals surface area contributed by atoms with E-state index in [0.717, 1.165) is 70.0 Å². The second-order valence-electron chi connectivity index (χ2n) is 11.2. The molecule has 0 aliphatic carbocycles. The van der Waals surface area contributed by atoms with Crippen molar-refractivity contribution < 1.29 is 4.74 Å². The van der Waals surface area contributed by atoms with Gasteiger partial charge in [-0.15, -0.1) is 0 Å².